The Hall–Kier alpha value is -3.26. The minimum absolute atomic E-state index is 0.0599. The molecule has 2 aromatic rings. The highest BCUT2D eigenvalue weighted by atomic mass is 32.1. The second-order valence-corrected chi connectivity index (χ2v) is 4.69. The van der Waals surface area contributed by atoms with Crippen molar-refractivity contribution in [3.8, 4) is 24.3 Å². The Kier molecular flexibility index (Phi) is 3.63. The van der Waals surface area contributed by atoms with Gasteiger partial charge in [0.2, 0.25) is 0 Å². The van der Waals surface area contributed by atoms with Gasteiger partial charge in [-0.25, -0.2) is 0 Å². The minimum Gasteiger partial charge on any atom is -0.192 e. The Balaban J connectivity index is 3.37. The number of nitrogens with zero attached hydrogens (tertiary/aromatic N) is 6. The molecule has 0 spiro atoms. The molecule has 0 fully saturated rings. The van der Waals surface area contributed by atoms with Crippen molar-refractivity contribution in [1.29, 1.82) is 21.0 Å². The van der Waals surface area contributed by atoms with E-state index in [0.29, 0.717) is 32.6 Å². The molecule has 0 N–H and O–H groups in total. The zero-order chi connectivity index (χ0) is 15.6. The standard InChI is InChI=1S/C14H6N6S/c1-7-8(2)12(10(5-17)6-18)14-13(19-21-20-14)11(7)9(3-15)4-16/h1-2H3. The third kappa shape index (κ3) is 1.99. The van der Waals surface area contributed by atoms with E-state index < -0.39 is 0 Å². The van der Waals surface area contributed by atoms with Crippen LogP contribution in [0.2, 0.25) is 0 Å². The summed E-state index contributed by atoms with van der Waals surface area (Å²) >= 11 is 0.911. The molecule has 0 saturated carbocycles. The van der Waals surface area contributed by atoms with Crippen LogP contribution in [0.15, 0.2) is 0 Å². The number of hydrogen-bond acceptors (Lipinski definition) is 7. The maximum absolute atomic E-state index is 9.10. The molecule has 0 radical (unpaired) electrons. The number of aromatic nitrogens is 2. The van der Waals surface area contributed by atoms with Crippen LogP contribution < -0.4 is 10.4 Å². The van der Waals surface area contributed by atoms with Gasteiger partial charge in [-0.15, -0.1) is 0 Å². The Morgan fingerprint density at radius 2 is 1.10 bits per heavy atom. The highest BCUT2D eigenvalue weighted by Gasteiger charge is 2.15. The lowest BCUT2D eigenvalue weighted by atomic mass is 9.97. The van der Waals surface area contributed by atoms with Gasteiger partial charge in [0.05, 0.1) is 11.7 Å². The van der Waals surface area contributed by atoms with Gasteiger partial charge >= 0.3 is 0 Å². The van der Waals surface area contributed by atoms with Gasteiger partial charge in [0.1, 0.15) is 46.5 Å². The molecule has 0 unspecified atom stereocenters. The quantitative estimate of drug-likeness (QED) is 0.704. The van der Waals surface area contributed by atoms with Crippen LogP contribution in [0.25, 0.3) is 22.2 Å². The molecular formula is C14H6N6S. The van der Waals surface area contributed by atoms with Crippen molar-refractivity contribution in [1.82, 2.24) is 8.75 Å². The van der Waals surface area contributed by atoms with Gasteiger partial charge < -0.3 is 0 Å². The zero-order valence-electron chi connectivity index (χ0n) is 11.1. The average molecular weight is 290 g/mol. The molecule has 1 heterocycles. The van der Waals surface area contributed by atoms with E-state index in [1.807, 2.05) is 24.3 Å². The summed E-state index contributed by atoms with van der Waals surface area (Å²) in [6.07, 6.45) is 0. The SMILES string of the molecule is Cc1c(C)c(=C(C#N)C#N)c2nsnc2c1=C(C#N)C#N. The van der Waals surface area contributed by atoms with Crippen molar-refractivity contribution >= 4 is 33.9 Å². The van der Waals surface area contributed by atoms with Crippen molar-refractivity contribution < 1.29 is 0 Å². The predicted molar refractivity (Wildman–Crippen MR) is 75.4 cm³/mol. The summed E-state index contributed by atoms with van der Waals surface area (Å²) in [7, 11) is 0. The first kappa shape index (κ1) is 14.2. The van der Waals surface area contributed by atoms with Crippen LogP contribution in [0, 0.1) is 59.2 Å². The fourth-order valence-corrected chi connectivity index (χ4v) is 2.69. The first-order chi connectivity index (χ1) is 10.1. The largest absolute Gasteiger partial charge is 0.192 e. The van der Waals surface area contributed by atoms with E-state index >= 15 is 0 Å². The molecule has 2 rings (SSSR count). The topological polar surface area (TPSA) is 121 Å². The third-order valence-corrected chi connectivity index (χ3v) is 3.75. The fraction of sp³-hybridized carbons (Fsp3) is 0.143. The minimum atomic E-state index is -0.0599. The van der Waals surface area contributed by atoms with E-state index in [1.54, 1.807) is 13.8 Å². The maximum Gasteiger partial charge on any atom is 0.139 e. The highest BCUT2D eigenvalue weighted by molar-refractivity contribution is 7.00. The van der Waals surface area contributed by atoms with E-state index in [2.05, 4.69) is 8.75 Å². The summed E-state index contributed by atoms with van der Waals surface area (Å²) in [6, 6.07) is 7.40. The van der Waals surface area contributed by atoms with Crippen molar-refractivity contribution in [3.05, 3.63) is 21.6 Å². The lowest BCUT2D eigenvalue weighted by Gasteiger charge is -2.04. The van der Waals surface area contributed by atoms with Crippen molar-refractivity contribution in [3.63, 3.8) is 0 Å². The van der Waals surface area contributed by atoms with Gasteiger partial charge in [-0.2, -0.15) is 29.8 Å². The number of benzene rings is 1. The van der Waals surface area contributed by atoms with Gasteiger partial charge in [0.25, 0.3) is 0 Å². The van der Waals surface area contributed by atoms with E-state index in [-0.39, 0.29) is 11.1 Å². The summed E-state index contributed by atoms with van der Waals surface area (Å²) in [4.78, 5) is 0. The molecule has 0 amide bonds. The molecule has 0 aliphatic heterocycles. The van der Waals surface area contributed by atoms with Gasteiger partial charge in [-0.1, -0.05) is 0 Å². The van der Waals surface area contributed by atoms with E-state index in [0.717, 1.165) is 11.7 Å². The first-order valence-corrected chi connectivity index (χ1v) is 6.44. The molecule has 1 aromatic carbocycles. The molecular weight excluding hydrogens is 284 g/mol. The summed E-state index contributed by atoms with van der Waals surface area (Å²) in [6.45, 7) is 3.46. The summed E-state index contributed by atoms with van der Waals surface area (Å²) in [5, 5.41) is 37.2. The zero-order valence-corrected chi connectivity index (χ0v) is 11.9. The highest BCUT2D eigenvalue weighted by Crippen LogP contribution is 2.10. The van der Waals surface area contributed by atoms with Crippen LogP contribution in [0.5, 0.6) is 0 Å². The van der Waals surface area contributed by atoms with Crippen LogP contribution >= 0.6 is 11.7 Å². The Morgan fingerprint density at radius 3 is 1.38 bits per heavy atom. The Labute approximate surface area is 124 Å². The molecule has 0 atom stereocenters. The first-order valence-electron chi connectivity index (χ1n) is 5.71. The van der Waals surface area contributed by atoms with Crippen molar-refractivity contribution in [2.45, 2.75) is 13.8 Å². The number of nitriles is 4. The average Bonchev–Trinajstić information content (AvgIpc) is 2.96. The molecule has 0 bridgehead atoms. The lowest BCUT2D eigenvalue weighted by molar-refractivity contribution is 1.28. The summed E-state index contributed by atoms with van der Waals surface area (Å²) in [5.41, 5.74) is 1.92. The van der Waals surface area contributed by atoms with Crippen LogP contribution in [0.4, 0.5) is 0 Å². The number of rotatable bonds is 0. The number of hydrogen-bond donors (Lipinski definition) is 0. The molecule has 0 saturated heterocycles. The van der Waals surface area contributed by atoms with Crippen molar-refractivity contribution in [2.24, 2.45) is 0 Å². The van der Waals surface area contributed by atoms with Crippen LogP contribution in [0.1, 0.15) is 11.1 Å². The van der Waals surface area contributed by atoms with E-state index in [9.17, 15) is 0 Å². The fourth-order valence-electron chi connectivity index (χ4n) is 2.13. The second-order valence-electron chi connectivity index (χ2n) is 4.16. The van der Waals surface area contributed by atoms with Gasteiger partial charge in [0.15, 0.2) is 0 Å². The predicted octanol–water partition coefficient (Wildman–Crippen LogP) is 0.704. The van der Waals surface area contributed by atoms with Gasteiger partial charge in [-0.3, -0.25) is 0 Å². The summed E-state index contributed by atoms with van der Waals surface area (Å²) < 4.78 is 8.25. The molecule has 98 valence electrons. The van der Waals surface area contributed by atoms with Gasteiger partial charge in [0, 0.05) is 10.4 Å². The Bertz CT molecular complexity index is 931. The third-order valence-electron chi connectivity index (χ3n) is 3.22. The van der Waals surface area contributed by atoms with Crippen LogP contribution in [-0.2, 0) is 0 Å². The lowest BCUT2D eigenvalue weighted by Crippen LogP contribution is -2.23. The molecule has 0 aliphatic rings. The molecule has 1 aromatic heterocycles. The van der Waals surface area contributed by atoms with Gasteiger partial charge in [-0.05, 0) is 25.0 Å². The monoisotopic (exact) mass is 290 g/mol. The normalized spacial score (nSPS) is 9.24. The van der Waals surface area contributed by atoms with E-state index in [1.165, 1.54) is 0 Å². The van der Waals surface area contributed by atoms with E-state index in [4.69, 9.17) is 21.0 Å². The smallest absolute Gasteiger partial charge is 0.139 e. The Morgan fingerprint density at radius 1 is 0.762 bits per heavy atom. The molecule has 6 nitrogen and oxygen atoms in total. The summed E-state index contributed by atoms with van der Waals surface area (Å²) in [5.74, 6) is 0. The van der Waals surface area contributed by atoms with Crippen LogP contribution in [0.3, 0.4) is 0 Å². The van der Waals surface area contributed by atoms with Crippen LogP contribution in [-0.4, -0.2) is 8.75 Å². The molecule has 0 aliphatic carbocycles. The second kappa shape index (κ2) is 5.39. The maximum atomic E-state index is 9.10. The van der Waals surface area contributed by atoms with Crippen molar-refractivity contribution in [2.75, 3.05) is 0 Å². The number of fused-ring (bicyclic) bond motifs is 1. The molecule has 7 heteroatoms. The molecule has 21 heavy (non-hydrogen) atoms.